The first kappa shape index (κ1) is 45.0. The summed E-state index contributed by atoms with van der Waals surface area (Å²) in [5, 5.41) is 67.1. The van der Waals surface area contributed by atoms with E-state index in [-0.39, 0.29) is 44.5 Å². The third kappa shape index (κ3) is 9.07. The predicted octanol–water partition coefficient (Wildman–Crippen LogP) is 5.96. The van der Waals surface area contributed by atoms with Crippen molar-refractivity contribution in [2.24, 2.45) is 28.8 Å². The topological polar surface area (TPSA) is 217 Å². The van der Waals surface area contributed by atoms with Crippen LogP contribution in [0.25, 0.3) is 10.8 Å². The van der Waals surface area contributed by atoms with Crippen LogP contribution in [-0.2, 0) is 23.8 Å². The molecule has 0 radical (unpaired) electrons. The van der Waals surface area contributed by atoms with E-state index >= 15 is 0 Å². The number of phenols is 3. The van der Waals surface area contributed by atoms with Crippen molar-refractivity contribution in [3.05, 3.63) is 52.8 Å². The molecule has 59 heavy (non-hydrogen) atoms. The molecule has 2 aromatic carbocycles. The van der Waals surface area contributed by atoms with Crippen molar-refractivity contribution in [2.75, 3.05) is 25.5 Å². The van der Waals surface area contributed by atoms with Crippen LogP contribution in [0, 0.1) is 30.6 Å². The van der Waals surface area contributed by atoms with Gasteiger partial charge in [0, 0.05) is 74.2 Å². The van der Waals surface area contributed by atoms with Gasteiger partial charge in [-0.05, 0) is 32.8 Å². The number of benzene rings is 2. The van der Waals surface area contributed by atoms with Gasteiger partial charge in [-0.1, -0.05) is 58.8 Å². The summed E-state index contributed by atoms with van der Waals surface area (Å²) in [6.07, 6.45) is 8.81. The van der Waals surface area contributed by atoms with Gasteiger partial charge in [-0.3, -0.25) is 19.4 Å². The summed E-state index contributed by atoms with van der Waals surface area (Å²) in [7, 11) is 1.44. The molecule has 0 unspecified atom stereocenters. The van der Waals surface area contributed by atoms with Gasteiger partial charge < -0.3 is 49.8 Å². The fourth-order valence-electron chi connectivity index (χ4n) is 8.18. The number of phenolic OH excluding ortho intramolecular Hbond substituents is 3. The van der Waals surface area contributed by atoms with E-state index in [0.717, 1.165) is 25.7 Å². The van der Waals surface area contributed by atoms with Crippen LogP contribution in [0.4, 0.5) is 5.69 Å². The molecule has 322 valence electrons. The number of fused-ring (bicyclic) bond motifs is 14. The molecule has 0 spiro atoms. The molecule has 0 saturated carbocycles. The van der Waals surface area contributed by atoms with Crippen molar-refractivity contribution in [1.82, 2.24) is 5.01 Å². The molecule has 15 nitrogen and oxygen atoms in total. The van der Waals surface area contributed by atoms with Crippen LogP contribution >= 0.6 is 0 Å². The molecular formula is C44H59N3O12. The summed E-state index contributed by atoms with van der Waals surface area (Å²) in [4.78, 5) is 40.5. The highest BCUT2D eigenvalue weighted by Crippen LogP contribution is 2.55. The number of amides is 1. The number of ether oxygens (including phenoxy) is 4. The van der Waals surface area contributed by atoms with Crippen molar-refractivity contribution < 1.29 is 58.9 Å². The molecule has 5 bridgehead atoms. The van der Waals surface area contributed by atoms with Crippen molar-refractivity contribution >= 4 is 40.3 Å². The standard InChI is InChI=1S/C44H59N3O12/c1-22-15-14-16-23(2)43(55)46-34-29(21-45-47-18-12-10-11-13-19-47)38(52)31-32(39(34)53)37(51)27(6)41-33(31)42(54)44(8,59-41)57-20-17-30(56-9)24(3)40(58-28(7)48)26(5)36(50)25(4)35(22)49/h14-17,20-22,24-26,30,35-36,40,49-53H,10-13,18-19H2,1-9H3,(H,46,55)/b15-14+,20-17+,23-16-,45-21?/t22-,24+,25+,26+,30-,35-,36+,40+,44-/m0/s1. The molecule has 15 heteroatoms. The number of anilines is 1. The van der Waals surface area contributed by atoms with Crippen LogP contribution in [-0.4, -0.2) is 105 Å². The van der Waals surface area contributed by atoms with Crippen LogP contribution in [0.15, 0.2) is 41.2 Å². The summed E-state index contributed by atoms with van der Waals surface area (Å²) in [5.74, 6) is -8.26. The zero-order chi connectivity index (χ0) is 43.5. The van der Waals surface area contributed by atoms with E-state index in [1.165, 1.54) is 59.4 Å². The van der Waals surface area contributed by atoms with Gasteiger partial charge in [-0.25, -0.2) is 0 Å². The van der Waals surface area contributed by atoms with Crippen LogP contribution in [0.5, 0.6) is 23.0 Å². The average molecular weight is 822 g/mol. The predicted molar refractivity (Wildman–Crippen MR) is 221 cm³/mol. The first-order valence-corrected chi connectivity index (χ1v) is 20.2. The number of hydrazone groups is 1. The number of nitrogens with one attached hydrogen (secondary N) is 1. The Labute approximate surface area is 345 Å². The molecule has 4 aliphatic rings. The molecule has 4 aliphatic heterocycles. The number of hydrogen-bond donors (Lipinski definition) is 6. The first-order valence-electron chi connectivity index (χ1n) is 20.2. The number of Topliss-reactive ketones (excluding diaryl/α,β-unsaturated/α-hetero) is 1. The Bertz CT molecular complexity index is 2050. The second-order valence-corrected chi connectivity index (χ2v) is 16.2. The number of hydrogen-bond acceptors (Lipinski definition) is 14. The number of carbonyl (C=O) groups excluding carboxylic acids is 3. The Morgan fingerprint density at radius 2 is 1.59 bits per heavy atom. The van der Waals surface area contributed by atoms with Crippen molar-refractivity contribution in [3.8, 4) is 23.0 Å². The minimum Gasteiger partial charge on any atom is -0.507 e. The molecule has 0 aliphatic carbocycles. The third-order valence-corrected chi connectivity index (χ3v) is 12.0. The number of methoxy groups -OCH3 is 1. The minimum absolute atomic E-state index is 0.0625. The number of esters is 1. The largest absolute Gasteiger partial charge is 0.507 e. The summed E-state index contributed by atoms with van der Waals surface area (Å²) < 4.78 is 23.6. The molecule has 1 fully saturated rings. The van der Waals surface area contributed by atoms with E-state index in [0.29, 0.717) is 13.1 Å². The highest BCUT2D eigenvalue weighted by Gasteiger charge is 2.50. The Kier molecular flexibility index (Phi) is 14.0. The smallest absolute Gasteiger partial charge is 0.312 e. The average Bonchev–Trinajstić information content (AvgIpc) is 3.33. The SMILES string of the molecule is CO[C@H]1/C=C/O[C@@]2(C)Oc3c(C)c(O)c4c(O)c(c(C=NN5CCCCCC5)c(O)c4c3C2=O)NC(=O)/C(C)=C\C=C\[C@H](C)[C@H](O)[C@@H](C)[C@@H](O)[C@@H](C)[C@H](OC(C)=O)[C@@H]1C. The molecule has 0 aromatic heterocycles. The van der Waals surface area contributed by atoms with Gasteiger partial charge in [0.2, 0.25) is 0 Å². The van der Waals surface area contributed by atoms with Crippen LogP contribution in [0.2, 0.25) is 0 Å². The van der Waals surface area contributed by atoms with Crippen LogP contribution in [0.1, 0.15) is 95.6 Å². The van der Waals surface area contributed by atoms with Gasteiger partial charge in [0.1, 0.15) is 23.4 Å². The molecule has 2 aromatic rings. The fourth-order valence-corrected chi connectivity index (χ4v) is 8.18. The highest BCUT2D eigenvalue weighted by atomic mass is 16.7. The Morgan fingerprint density at radius 3 is 2.22 bits per heavy atom. The zero-order valence-corrected chi connectivity index (χ0v) is 35.3. The molecule has 1 amide bonds. The quantitative estimate of drug-likeness (QED) is 0.0909. The summed E-state index contributed by atoms with van der Waals surface area (Å²) >= 11 is 0. The second-order valence-electron chi connectivity index (χ2n) is 16.2. The molecule has 6 rings (SSSR count). The fraction of sp³-hybridized carbons (Fsp3) is 0.545. The number of ketones is 1. The lowest BCUT2D eigenvalue weighted by atomic mass is 9.78. The first-order chi connectivity index (χ1) is 27.8. The van der Waals surface area contributed by atoms with E-state index in [2.05, 4.69) is 10.4 Å². The van der Waals surface area contributed by atoms with Gasteiger partial charge in [0.05, 0.1) is 53.0 Å². The van der Waals surface area contributed by atoms with Crippen molar-refractivity contribution in [3.63, 3.8) is 0 Å². The molecule has 9 atom stereocenters. The number of aromatic hydroxyl groups is 3. The van der Waals surface area contributed by atoms with Crippen LogP contribution in [0.3, 0.4) is 0 Å². The number of aliphatic hydroxyl groups excluding tert-OH is 2. The van der Waals surface area contributed by atoms with Gasteiger partial charge in [0.25, 0.3) is 11.7 Å². The van der Waals surface area contributed by atoms with Crippen molar-refractivity contribution in [2.45, 2.75) is 111 Å². The molecule has 4 heterocycles. The molecule has 1 saturated heterocycles. The number of aliphatic hydroxyl groups is 2. The van der Waals surface area contributed by atoms with Gasteiger partial charge in [-0.2, -0.15) is 5.10 Å². The van der Waals surface area contributed by atoms with Gasteiger partial charge >= 0.3 is 11.8 Å². The lowest BCUT2D eigenvalue weighted by Crippen LogP contribution is -2.46. The number of nitrogens with zero attached hydrogens (tertiary/aromatic N) is 2. The zero-order valence-electron chi connectivity index (χ0n) is 35.3. The Balaban J connectivity index is 1.71. The normalized spacial score (nSPS) is 31.9. The second kappa shape index (κ2) is 18.4. The van der Waals surface area contributed by atoms with Gasteiger partial charge in [-0.15, -0.1) is 0 Å². The Morgan fingerprint density at radius 1 is 0.932 bits per heavy atom. The van der Waals surface area contributed by atoms with E-state index in [1.54, 1.807) is 39.8 Å². The maximum absolute atomic E-state index is 14.4. The van der Waals surface area contributed by atoms with Crippen LogP contribution < -0.4 is 10.1 Å². The number of carbonyl (C=O) groups is 3. The minimum atomic E-state index is -2.04. The maximum atomic E-state index is 14.4. The summed E-state index contributed by atoms with van der Waals surface area (Å²) in [6.45, 7) is 13.9. The maximum Gasteiger partial charge on any atom is 0.312 e. The molecular weight excluding hydrogens is 762 g/mol. The summed E-state index contributed by atoms with van der Waals surface area (Å²) in [5.41, 5.74) is -0.293. The third-order valence-electron chi connectivity index (χ3n) is 12.0. The number of allylic oxidation sites excluding steroid dienone is 2. The van der Waals surface area contributed by atoms with E-state index in [1.807, 2.05) is 5.01 Å². The van der Waals surface area contributed by atoms with Gasteiger partial charge in [0.15, 0.2) is 5.75 Å². The highest BCUT2D eigenvalue weighted by molar-refractivity contribution is 6.23. The Hall–Kier alpha value is -5.12. The number of rotatable bonds is 4. The summed E-state index contributed by atoms with van der Waals surface area (Å²) in [6, 6.07) is 0. The van der Waals surface area contributed by atoms with E-state index in [9.17, 15) is 39.9 Å². The molecule has 6 N–H and O–H groups in total. The van der Waals surface area contributed by atoms with E-state index in [4.69, 9.17) is 18.9 Å². The van der Waals surface area contributed by atoms with E-state index < -0.39 is 88.8 Å². The monoisotopic (exact) mass is 821 g/mol. The van der Waals surface area contributed by atoms with Crippen molar-refractivity contribution in [1.29, 1.82) is 0 Å². The lowest BCUT2D eigenvalue weighted by Gasteiger charge is -2.38. The lowest BCUT2D eigenvalue weighted by molar-refractivity contribution is -0.160.